The topological polar surface area (TPSA) is 86.0 Å². The second-order valence-corrected chi connectivity index (χ2v) is 4.16. The van der Waals surface area contributed by atoms with E-state index in [1.165, 1.54) is 6.20 Å². The second kappa shape index (κ2) is 6.01. The lowest BCUT2D eigenvalue weighted by atomic mass is 9.82. The zero-order chi connectivity index (χ0) is 13.6. The van der Waals surface area contributed by atoms with E-state index in [2.05, 4.69) is 10.3 Å². The Balaban J connectivity index is 2.86. The van der Waals surface area contributed by atoms with Crippen molar-refractivity contribution in [2.75, 3.05) is 11.9 Å². The van der Waals surface area contributed by atoms with Gasteiger partial charge >= 0.3 is 5.97 Å². The first-order chi connectivity index (χ1) is 8.59. The molecular formula is C13H17N3O2. The van der Waals surface area contributed by atoms with Gasteiger partial charge in [-0.2, -0.15) is 5.26 Å². The van der Waals surface area contributed by atoms with E-state index in [-0.39, 0.29) is 12.2 Å². The number of pyridine rings is 1. The van der Waals surface area contributed by atoms with Crippen molar-refractivity contribution in [2.24, 2.45) is 5.41 Å². The summed E-state index contributed by atoms with van der Waals surface area (Å²) in [7, 11) is 0. The molecule has 96 valence electrons. The van der Waals surface area contributed by atoms with Crippen molar-refractivity contribution in [3.63, 3.8) is 0 Å². The van der Waals surface area contributed by atoms with E-state index in [9.17, 15) is 9.90 Å². The van der Waals surface area contributed by atoms with Gasteiger partial charge in [-0.1, -0.05) is 13.8 Å². The second-order valence-electron chi connectivity index (χ2n) is 4.16. The van der Waals surface area contributed by atoms with Crippen LogP contribution in [0.1, 0.15) is 32.4 Å². The van der Waals surface area contributed by atoms with Crippen LogP contribution in [0.25, 0.3) is 0 Å². The lowest BCUT2D eigenvalue weighted by Gasteiger charge is -2.27. The minimum atomic E-state index is -0.817. The maximum Gasteiger partial charge on any atom is 0.311 e. The Morgan fingerprint density at radius 3 is 2.72 bits per heavy atom. The van der Waals surface area contributed by atoms with Gasteiger partial charge in [0.1, 0.15) is 6.07 Å². The van der Waals surface area contributed by atoms with Crippen molar-refractivity contribution < 1.29 is 9.90 Å². The SMILES string of the molecule is CCC(CC)(CNc1cccnc1C#N)C(=O)O. The first-order valence-electron chi connectivity index (χ1n) is 5.92. The number of aromatic nitrogens is 1. The number of carbonyl (C=O) groups is 1. The van der Waals surface area contributed by atoms with Crippen LogP contribution >= 0.6 is 0 Å². The van der Waals surface area contributed by atoms with Crippen molar-refractivity contribution >= 4 is 11.7 Å². The lowest BCUT2D eigenvalue weighted by molar-refractivity contribution is -0.148. The standard InChI is InChI=1S/C13H17N3O2/c1-3-13(4-2,12(17)18)9-16-10-6-5-7-15-11(10)8-14/h5-7,16H,3-4,9H2,1-2H3,(H,17,18). The van der Waals surface area contributed by atoms with E-state index in [1.54, 1.807) is 12.1 Å². The molecule has 1 rings (SSSR count). The summed E-state index contributed by atoms with van der Waals surface area (Å²) in [5.74, 6) is -0.817. The summed E-state index contributed by atoms with van der Waals surface area (Å²) in [5, 5.41) is 21.2. The van der Waals surface area contributed by atoms with Gasteiger partial charge in [0.05, 0.1) is 11.1 Å². The summed E-state index contributed by atoms with van der Waals surface area (Å²) < 4.78 is 0. The third-order valence-electron chi connectivity index (χ3n) is 3.34. The number of carboxylic acids is 1. The third-order valence-corrected chi connectivity index (χ3v) is 3.34. The highest BCUT2D eigenvalue weighted by atomic mass is 16.4. The van der Waals surface area contributed by atoms with Gasteiger partial charge in [-0.05, 0) is 25.0 Å². The Morgan fingerprint density at radius 1 is 1.56 bits per heavy atom. The molecule has 0 fully saturated rings. The Hall–Kier alpha value is -2.09. The largest absolute Gasteiger partial charge is 0.481 e. The maximum atomic E-state index is 11.3. The molecule has 0 amide bonds. The summed E-state index contributed by atoms with van der Waals surface area (Å²) >= 11 is 0. The average molecular weight is 247 g/mol. The fraction of sp³-hybridized carbons (Fsp3) is 0.462. The highest BCUT2D eigenvalue weighted by molar-refractivity contribution is 5.75. The first kappa shape index (κ1) is 14.0. The summed E-state index contributed by atoms with van der Waals surface area (Å²) in [6.07, 6.45) is 2.61. The van der Waals surface area contributed by atoms with Gasteiger partial charge in [0.25, 0.3) is 0 Å². The predicted octanol–water partition coefficient (Wildman–Crippen LogP) is 2.26. The zero-order valence-corrected chi connectivity index (χ0v) is 10.6. The Labute approximate surface area is 106 Å². The number of aliphatic carboxylic acids is 1. The Morgan fingerprint density at radius 2 is 2.22 bits per heavy atom. The summed E-state index contributed by atoms with van der Waals surface area (Å²) in [4.78, 5) is 15.3. The van der Waals surface area contributed by atoms with Gasteiger partial charge in [-0.25, -0.2) is 4.98 Å². The summed E-state index contributed by atoms with van der Waals surface area (Å²) in [5.41, 5.74) is 0.0549. The molecule has 2 N–H and O–H groups in total. The average Bonchev–Trinajstić information content (AvgIpc) is 2.40. The molecule has 1 heterocycles. The van der Waals surface area contributed by atoms with E-state index >= 15 is 0 Å². The van der Waals surface area contributed by atoms with Gasteiger partial charge < -0.3 is 10.4 Å². The molecule has 0 unspecified atom stereocenters. The van der Waals surface area contributed by atoms with E-state index in [0.29, 0.717) is 18.5 Å². The normalized spacial score (nSPS) is 10.7. The van der Waals surface area contributed by atoms with E-state index < -0.39 is 11.4 Å². The lowest BCUT2D eigenvalue weighted by Crippen LogP contribution is -2.37. The molecule has 18 heavy (non-hydrogen) atoms. The monoisotopic (exact) mass is 247 g/mol. The van der Waals surface area contributed by atoms with Crippen molar-refractivity contribution in [1.82, 2.24) is 4.98 Å². The molecule has 0 radical (unpaired) electrons. The van der Waals surface area contributed by atoms with E-state index in [4.69, 9.17) is 5.26 Å². The number of nitrogens with zero attached hydrogens (tertiary/aromatic N) is 2. The number of nitriles is 1. The van der Waals surface area contributed by atoms with E-state index in [1.807, 2.05) is 19.9 Å². The number of nitrogens with one attached hydrogen (secondary N) is 1. The molecule has 0 saturated heterocycles. The molecule has 0 aromatic carbocycles. The number of carboxylic acid groups (broad SMARTS) is 1. The van der Waals surface area contributed by atoms with Crippen LogP contribution in [0.2, 0.25) is 0 Å². The number of anilines is 1. The van der Waals surface area contributed by atoms with Crippen LogP contribution in [0, 0.1) is 16.7 Å². The quantitative estimate of drug-likeness (QED) is 0.805. The predicted molar refractivity (Wildman–Crippen MR) is 68.1 cm³/mol. The molecule has 1 aromatic heterocycles. The van der Waals surface area contributed by atoms with Gasteiger partial charge in [0.2, 0.25) is 0 Å². The van der Waals surface area contributed by atoms with Crippen LogP contribution in [0.3, 0.4) is 0 Å². The molecular weight excluding hydrogens is 230 g/mol. The summed E-state index contributed by atoms with van der Waals surface area (Å²) in [6.45, 7) is 4.00. The van der Waals surface area contributed by atoms with Crippen LogP contribution in [-0.2, 0) is 4.79 Å². The number of hydrogen-bond acceptors (Lipinski definition) is 4. The van der Waals surface area contributed by atoms with Crippen LogP contribution in [0.5, 0.6) is 0 Å². The minimum Gasteiger partial charge on any atom is -0.481 e. The highest BCUT2D eigenvalue weighted by Crippen LogP contribution is 2.27. The van der Waals surface area contributed by atoms with Crippen molar-refractivity contribution in [2.45, 2.75) is 26.7 Å². The van der Waals surface area contributed by atoms with Crippen LogP contribution < -0.4 is 5.32 Å². The third kappa shape index (κ3) is 2.77. The van der Waals surface area contributed by atoms with Crippen LogP contribution in [0.15, 0.2) is 18.3 Å². The maximum absolute atomic E-state index is 11.3. The van der Waals surface area contributed by atoms with Gasteiger partial charge in [-0.3, -0.25) is 4.79 Å². The minimum absolute atomic E-state index is 0.281. The van der Waals surface area contributed by atoms with Gasteiger partial charge in [-0.15, -0.1) is 0 Å². The molecule has 5 nitrogen and oxygen atoms in total. The zero-order valence-electron chi connectivity index (χ0n) is 10.6. The van der Waals surface area contributed by atoms with Gasteiger partial charge in [0.15, 0.2) is 5.69 Å². The van der Waals surface area contributed by atoms with Crippen molar-refractivity contribution in [3.05, 3.63) is 24.0 Å². The van der Waals surface area contributed by atoms with Crippen LogP contribution in [-0.4, -0.2) is 22.6 Å². The van der Waals surface area contributed by atoms with Crippen molar-refractivity contribution in [3.8, 4) is 6.07 Å². The Bertz CT molecular complexity index is 462. The molecule has 0 spiro atoms. The molecule has 5 heteroatoms. The fourth-order valence-electron chi connectivity index (χ4n) is 1.78. The fourth-order valence-corrected chi connectivity index (χ4v) is 1.78. The van der Waals surface area contributed by atoms with Gasteiger partial charge in [0, 0.05) is 12.7 Å². The van der Waals surface area contributed by atoms with Crippen LogP contribution in [0.4, 0.5) is 5.69 Å². The van der Waals surface area contributed by atoms with Crippen molar-refractivity contribution in [1.29, 1.82) is 5.26 Å². The molecule has 0 saturated carbocycles. The molecule has 0 bridgehead atoms. The first-order valence-corrected chi connectivity index (χ1v) is 5.92. The molecule has 1 aromatic rings. The molecule has 0 aliphatic carbocycles. The molecule has 0 aliphatic rings. The highest BCUT2D eigenvalue weighted by Gasteiger charge is 2.34. The molecule has 0 atom stereocenters. The Kier molecular flexibility index (Phi) is 4.67. The summed E-state index contributed by atoms with van der Waals surface area (Å²) in [6, 6.07) is 5.41. The number of rotatable bonds is 6. The smallest absolute Gasteiger partial charge is 0.311 e. The van der Waals surface area contributed by atoms with E-state index in [0.717, 1.165) is 0 Å². The number of hydrogen-bond donors (Lipinski definition) is 2. The molecule has 0 aliphatic heterocycles.